The van der Waals surface area contributed by atoms with Crippen LogP contribution in [0, 0.1) is 0 Å². The summed E-state index contributed by atoms with van der Waals surface area (Å²) in [6, 6.07) is 53.0. The van der Waals surface area contributed by atoms with E-state index in [-0.39, 0.29) is 6.61 Å². The Labute approximate surface area is 432 Å². The van der Waals surface area contributed by atoms with Crippen LogP contribution in [0.25, 0.3) is 22.5 Å². The van der Waals surface area contributed by atoms with Crippen molar-refractivity contribution in [3.8, 4) is 28.3 Å². The molecule has 0 aliphatic heterocycles. The van der Waals surface area contributed by atoms with Gasteiger partial charge in [0, 0.05) is 37.4 Å². The van der Waals surface area contributed by atoms with Crippen molar-refractivity contribution in [3.05, 3.63) is 197 Å². The Bertz CT molecular complexity index is 3040. The number of rotatable bonds is 19. The van der Waals surface area contributed by atoms with Crippen molar-refractivity contribution < 1.29 is 23.8 Å². The zero-order chi connectivity index (χ0) is 51.8. The van der Waals surface area contributed by atoms with Gasteiger partial charge in [-0.3, -0.25) is 4.90 Å². The number of benzene rings is 6. The third-order valence-corrected chi connectivity index (χ3v) is 13.8. The molecule has 2 heterocycles. The summed E-state index contributed by atoms with van der Waals surface area (Å²) < 4.78 is 20.9. The van der Waals surface area contributed by atoms with Gasteiger partial charge in [0.2, 0.25) is 0 Å². The molecule has 13 nitrogen and oxygen atoms in total. The van der Waals surface area contributed by atoms with Crippen LogP contribution in [0.1, 0.15) is 99.1 Å². The van der Waals surface area contributed by atoms with Crippen molar-refractivity contribution in [2.75, 3.05) is 36.6 Å². The molecule has 8 aromatic rings. The number of aromatic nitrogens is 6. The molecule has 2 N–H and O–H groups in total. The van der Waals surface area contributed by atoms with Crippen molar-refractivity contribution >= 4 is 35.2 Å². The molecule has 0 fully saturated rings. The standard InChI is InChI=1S/C59H64N8O5S/c1-9-22-51-61-53(58(6,7)73-38-37-71-46-35-36-49(60)50(39-46)65(8)56(69)72-57(3,4)5)52(55(68)70-10-2)66(51)40-41-31-33-42(34-32-41)47-29-20-21-30-48(47)54-62-63-64-67(54)59(43-23-14-11-15-24-43,44-25-16-12-17-26-44)45-27-18-13-19-28-45/h11-21,23-36,39H,9-10,22,37-38,40,60H2,1-8H3. The molecule has 0 saturated carbocycles. The highest BCUT2D eigenvalue weighted by Crippen LogP contribution is 2.44. The third-order valence-electron chi connectivity index (χ3n) is 12.5. The molecule has 6 aromatic carbocycles. The lowest BCUT2D eigenvalue weighted by molar-refractivity contribution is 0.0510. The smallest absolute Gasteiger partial charge is 0.414 e. The van der Waals surface area contributed by atoms with Crippen LogP contribution in [-0.4, -0.2) is 73.4 Å². The normalized spacial score (nSPS) is 11.8. The van der Waals surface area contributed by atoms with Gasteiger partial charge in [-0.25, -0.2) is 19.3 Å². The number of hydrogen-bond donors (Lipinski definition) is 1. The molecule has 73 heavy (non-hydrogen) atoms. The molecule has 1 amide bonds. The predicted octanol–water partition coefficient (Wildman–Crippen LogP) is 12.2. The van der Waals surface area contributed by atoms with E-state index in [2.05, 4.69) is 135 Å². The minimum absolute atomic E-state index is 0.223. The molecule has 8 rings (SSSR count). The molecule has 14 heteroatoms. The number of hydrogen-bond acceptors (Lipinski definition) is 11. The lowest BCUT2D eigenvalue weighted by Crippen LogP contribution is -2.39. The second-order valence-electron chi connectivity index (χ2n) is 19.2. The van der Waals surface area contributed by atoms with Crippen LogP contribution in [0.2, 0.25) is 0 Å². The Hall–Kier alpha value is -7.71. The highest BCUT2D eigenvalue weighted by Gasteiger charge is 2.42. The Kier molecular flexibility index (Phi) is 15.8. The Morgan fingerprint density at radius 3 is 1.90 bits per heavy atom. The van der Waals surface area contributed by atoms with Gasteiger partial charge >= 0.3 is 12.1 Å². The zero-order valence-corrected chi connectivity index (χ0v) is 43.7. The monoisotopic (exact) mass is 996 g/mol. The number of amides is 1. The van der Waals surface area contributed by atoms with Crippen LogP contribution in [0.4, 0.5) is 16.2 Å². The summed E-state index contributed by atoms with van der Waals surface area (Å²) in [5.41, 5.74) is 13.6. The quantitative estimate of drug-likeness (QED) is 0.0356. The third kappa shape index (κ3) is 11.2. The Balaban J connectivity index is 1.07. The van der Waals surface area contributed by atoms with E-state index in [4.69, 9.17) is 35.2 Å². The fraction of sp³-hybridized carbons (Fsp3) is 0.288. The van der Waals surface area contributed by atoms with Gasteiger partial charge in [-0.2, -0.15) is 0 Å². The maximum Gasteiger partial charge on any atom is 0.414 e. The fourth-order valence-corrected chi connectivity index (χ4v) is 10.1. The molecule has 0 radical (unpaired) electrons. The molecule has 0 unspecified atom stereocenters. The van der Waals surface area contributed by atoms with Gasteiger partial charge in [0.1, 0.15) is 22.7 Å². The molecule has 2 aromatic heterocycles. The Morgan fingerprint density at radius 2 is 1.33 bits per heavy atom. The summed E-state index contributed by atoms with van der Waals surface area (Å²) in [5.74, 6) is 2.15. The predicted molar refractivity (Wildman–Crippen MR) is 291 cm³/mol. The molecular weight excluding hydrogens is 933 g/mol. The van der Waals surface area contributed by atoms with Crippen LogP contribution in [-0.2, 0) is 32.7 Å². The summed E-state index contributed by atoms with van der Waals surface area (Å²) >= 11 is 1.64. The molecule has 0 atom stereocenters. The van der Waals surface area contributed by atoms with Crippen LogP contribution in [0.3, 0.4) is 0 Å². The van der Waals surface area contributed by atoms with E-state index < -0.39 is 27.9 Å². The van der Waals surface area contributed by atoms with Gasteiger partial charge in [0.05, 0.1) is 35.0 Å². The maximum absolute atomic E-state index is 14.1. The van der Waals surface area contributed by atoms with Crippen molar-refractivity contribution in [2.24, 2.45) is 0 Å². The molecule has 0 aliphatic rings. The summed E-state index contributed by atoms with van der Waals surface area (Å²) in [5, 5.41) is 13.9. The first kappa shape index (κ1) is 51.6. The van der Waals surface area contributed by atoms with Crippen molar-refractivity contribution in [1.29, 1.82) is 0 Å². The number of nitrogen functional groups attached to an aromatic ring is 1. The van der Waals surface area contributed by atoms with E-state index in [9.17, 15) is 9.59 Å². The zero-order valence-electron chi connectivity index (χ0n) is 42.9. The number of tetrazole rings is 1. The van der Waals surface area contributed by atoms with Crippen LogP contribution in [0.15, 0.2) is 158 Å². The SMILES string of the molecule is CCCc1nc(C(C)(C)SCCOc2ccc(N)c(N(C)C(=O)OC(C)(C)C)c2)c(C(=O)OCC)n1Cc1ccc(-c2ccccc2-c2nnnn2C(c2ccccc2)(c2ccccc2)c2ccccc2)cc1. The van der Waals surface area contributed by atoms with Crippen molar-refractivity contribution in [1.82, 2.24) is 29.8 Å². The lowest BCUT2D eigenvalue weighted by Gasteiger charge is -2.36. The molecular formula is C59H64N8O5S. The number of imidazole rings is 1. The fourth-order valence-electron chi connectivity index (χ4n) is 9.16. The van der Waals surface area contributed by atoms with E-state index >= 15 is 0 Å². The van der Waals surface area contributed by atoms with E-state index in [1.165, 1.54) is 4.90 Å². The van der Waals surface area contributed by atoms with E-state index in [0.29, 0.717) is 59.7 Å². The molecule has 0 spiro atoms. The Morgan fingerprint density at radius 1 is 0.740 bits per heavy atom. The second-order valence-corrected chi connectivity index (χ2v) is 20.9. The van der Waals surface area contributed by atoms with Gasteiger partial charge in [-0.1, -0.05) is 146 Å². The first-order chi connectivity index (χ1) is 35.2. The molecule has 0 bridgehead atoms. The largest absolute Gasteiger partial charge is 0.493 e. The summed E-state index contributed by atoms with van der Waals surface area (Å²) in [6.07, 6.45) is 0.989. The van der Waals surface area contributed by atoms with Gasteiger partial charge in [0.25, 0.3) is 0 Å². The molecule has 0 saturated heterocycles. The average Bonchev–Trinajstić information content (AvgIpc) is 4.03. The number of nitrogens with two attached hydrogens (primary N) is 1. The first-order valence-corrected chi connectivity index (χ1v) is 25.7. The number of anilines is 2. The minimum Gasteiger partial charge on any atom is -0.493 e. The number of thioether (sulfide) groups is 1. The minimum atomic E-state index is -0.915. The van der Waals surface area contributed by atoms with Crippen LogP contribution >= 0.6 is 11.8 Å². The highest BCUT2D eigenvalue weighted by molar-refractivity contribution is 8.00. The second kappa shape index (κ2) is 22.4. The highest BCUT2D eigenvalue weighted by atomic mass is 32.2. The summed E-state index contributed by atoms with van der Waals surface area (Å²) in [7, 11) is 1.62. The summed E-state index contributed by atoms with van der Waals surface area (Å²) in [4.78, 5) is 33.5. The van der Waals surface area contributed by atoms with Gasteiger partial charge < -0.3 is 24.5 Å². The number of carbonyl (C=O) groups is 2. The van der Waals surface area contributed by atoms with E-state index in [0.717, 1.165) is 51.2 Å². The van der Waals surface area contributed by atoms with Gasteiger partial charge in [-0.05, 0) is 104 Å². The van der Waals surface area contributed by atoms with E-state index in [1.54, 1.807) is 37.0 Å². The molecule has 376 valence electrons. The van der Waals surface area contributed by atoms with Crippen molar-refractivity contribution in [2.45, 2.75) is 83.7 Å². The van der Waals surface area contributed by atoms with Crippen LogP contribution in [0.5, 0.6) is 5.75 Å². The number of esters is 1. The summed E-state index contributed by atoms with van der Waals surface area (Å²) in [6.45, 7) is 14.5. The first-order valence-electron chi connectivity index (χ1n) is 24.7. The number of nitrogens with zero attached hydrogens (tertiary/aromatic N) is 7. The van der Waals surface area contributed by atoms with E-state index in [1.807, 2.05) is 67.3 Å². The van der Waals surface area contributed by atoms with Gasteiger partial charge in [0.15, 0.2) is 11.5 Å². The topological polar surface area (TPSA) is 153 Å². The number of carbonyl (C=O) groups excluding carboxylic acids is 2. The van der Waals surface area contributed by atoms with Gasteiger partial charge in [-0.15, -0.1) is 16.9 Å². The number of ether oxygens (including phenoxy) is 3. The maximum atomic E-state index is 14.1. The lowest BCUT2D eigenvalue weighted by atomic mass is 9.77. The number of aryl methyl sites for hydroxylation is 1. The molecule has 0 aliphatic carbocycles. The average molecular weight is 997 g/mol. The van der Waals surface area contributed by atoms with Crippen molar-refractivity contribution in [3.63, 3.8) is 0 Å². The van der Waals surface area contributed by atoms with Crippen LogP contribution < -0.4 is 15.4 Å².